The average Bonchev–Trinajstić information content (AvgIpc) is 2.34. The van der Waals surface area contributed by atoms with E-state index in [0.717, 1.165) is 5.56 Å². The number of hydrogen-bond donors (Lipinski definition) is 2. The minimum absolute atomic E-state index is 0.236. The molecule has 0 bridgehead atoms. The van der Waals surface area contributed by atoms with Crippen molar-refractivity contribution in [2.24, 2.45) is 5.41 Å². The van der Waals surface area contributed by atoms with E-state index in [9.17, 15) is 13.5 Å². The summed E-state index contributed by atoms with van der Waals surface area (Å²) in [6.07, 6.45) is 1.02. The zero-order valence-electron chi connectivity index (χ0n) is 11.7. The predicted molar refractivity (Wildman–Crippen MR) is 80.5 cm³/mol. The Balaban J connectivity index is 2.56. The van der Waals surface area contributed by atoms with Crippen molar-refractivity contribution in [3.05, 3.63) is 34.9 Å². The number of rotatable bonds is 7. The van der Waals surface area contributed by atoms with Crippen LogP contribution >= 0.6 is 11.6 Å². The number of halogens is 1. The summed E-state index contributed by atoms with van der Waals surface area (Å²) >= 11 is 5.81. The summed E-state index contributed by atoms with van der Waals surface area (Å²) in [5, 5.41) is 11.0. The van der Waals surface area contributed by atoms with Gasteiger partial charge >= 0.3 is 0 Å². The molecule has 1 unspecified atom stereocenters. The van der Waals surface area contributed by atoms with Gasteiger partial charge in [-0.15, -0.1) is 0 Å². The molecule has 0 amide bonds. The van der Waals surface area contributed by atoms with Gasteiger partial charge in [-0.2, -0.15) is 8.42 Å². The molecule has 0 radical (unpaired) electrons. The van der Waals surface area contributed by atoms with Gasteiger partial charge in [0.05, 0.1) is 11.9 Å². The van der Waals surface area contributed by atoms with Crippen molar-refractivity contribution in [1.82, 2.24) is 0 Å². The molecule has 0 aliphatic carbocycles. The largest absolute Gasteiger partial charge is 0.388 e. The predicted octanol–water partition coefficient (Wildman–Crippen LogP) is 3.46. The molecule has 0 fully saturated rings. The Morgan fingerprint density at radius 1 is 1.20 bits per heavy atom. The zero-order chi connectivity index (χ0) is 15.4. The fourth-order valence-electron chi connectivity index (χ4n) is 2.10. The Morgan fingerprint density at radius 2 is 1.75 bits per heavy atom. The molecule has 1 rings (SSSR count). The molecule has 0 spiro atoms. The molecule has 4 nitrogen and oxygen atoms in total. The summed E-state index contributed by atoms with van der Waals surface area (Å²) in [7, 11) is -3.90. The number of aliphatic hydroxyl groups is 1. The fourth-order valence-corrected chi connectivity index (χ4v) is 2.79. The maximum absolute atomic E-state index is 10.6. The summed E-state index contributed by atoms with van der Waals surface area (Å²) < 4.78 is 29.9. The van der Waals surface area contributed by atoms with Crippen molar-refractivity contribution < 1.29 is 18.1 Å². The van der Waals surface area contributed by atoms with E-state index in [1.54, 1.807) is 24.3 Å². The van der Waals surface area contributed by atoms with Crippen molar-refractivity contribution >= 4 is 21.7 Å². The molecule has 20 heavy (non-hydrogen) atoms. The van der Waals surface area contributed by atoms with Crippen LogP contribution in [0.2, 0.25) is 5.02 Å². The van der Waals surface area contributed by atoms with Crippen molar-refractivity contribution in [3.63, 3.8) is 0 Å². The van der Waals surface area contributed by atoms with Gasteiger partial charge in [-0.1, -0.05) is 44.0 Å². The van der Waals surface area contributed by atoms with Gasteiger partial charge in [-0.3, -0.25) is 4.55 Å². The van der Waals surface area contributed by atoms with Gasteiger partial charge in [0.25, 0.3) is 10.1 Å². The standard InChI is InChI=1S/C14H21ClO4S/c1-14(2,9-3-4-10-20(17,18)19)13(16)11-5-7-12(15)8-6-11/h5-8,13,16H,3-4,9-10H2,1-2H3,(H,17,18,19). The normalized spacial score (nSPS) is 14.2. The lowest BCUT2D eigenvalue weighted by Crippen LogP contribution is -2.22. The lowest BCUT2D eigenvalue weighted by Gasteiger charge is -2.31. The van der Waals surface area contributed by atoms with Crippen LogP contribution in [-0.4, -0.2) is 23.8 Å². The van der Waals surface area contributed by atoms with Crippen LogP contribution in [0.15, 0.2) is 24.3 Å². The van der Waals surface area contributed by atoms with Crippen LogP contribution in [0.4, 0.5) is 0 Å². The minimum Gasteiger partial charge on any atom is -0.388 e. The first kappa shape index (κ1) is 17.4. The van der Waals surface area contributed by atoms with Gasteiger partial charge in [-0.25, -0.2) is 0 Å². The van der Waals surface area contributed by atoms with Gasteiger partial charge < -0.3 is 5.11 Å². The molecule has 1 atom stereocenters. The number of aliphatic hydroxyl groups excluding tert-OH is 1. The Hall–Kier alpha value is -0.620. The van der Waals surface area contributed by atoms with Crippen molar-refractivity contribution in [3.8, 4) is 0 Å². The van der Waals surface area contributed by atoms with Crippen molar-refractivity contribution in [2.75, 3.05) is 5.75 Å². The molecule has 1 aromatic carbocycles. The van der Waals surface area contributed by atoms with Gasteiger partial charge in [0.2, 0.25) is 0 Å². The van der Waals surface area contributed by atoms with Crippen LogP contribution in [0.1, 0.15) is 44.8 Å². The molecule has 1 aromatic rings. The molecule has 0 heterocycles. The molecule has 0 aliphatic heterocycles. The first-order valence-electron chi connectivity index (χ1n) is 6.50. The molecule has 0 saturated heterocycles. The van der Waals surface area contributed by atoms with E-state index in [4.69, 9.17) is 16.2 Å². The van der Waals surface area contributed by atoms with Gasteiger partial charge in [0.15, 0.2) is 0 Å². The van der Waals surface area contributed by atoms with Crippen LogP contribution in [0.3, 0.4) is 0 Å². The molecular weight excluding hydrogens is 300 g/mol. The molecular formula is C14H21ClO4S. The lowest BCUT2D eigenvalue weighted by atomic mass is 9.78. The smallest absolute Gasteiger partial charge is 0.264 e. The Kier molecular flexibility index (Phi) is 6.01. The SMILES string of the molecule is CC(C)(CCCCS(=O)(=O)O)C(O)c1ccc(Cl)cc1. The lowest BCUT2D eigenvalue weighted by molar-refractivity contribution is 0.0414. The van der Waals surface area contributed by atoms with E-state index in [1.807, 2.05) is 13.8 Å². The number of hydrogen-bond acceptors (Lipinski definition) is 3. The molecule has 0 aliphatic rings. The monoisotopic (exact) mass is 320 g/mol. The molecule has 114 valence electrons. The maximum Gasteiger partial charge on any atom is 0.264 e. The van der Waals surface area contributed by atoms with E-state index in [2.05, 4.69) is 0 Å². The second-order valence-corrected chi connectivity index (χ2v) is 7.69. The highest BCUT2D eigenvalue weighted by molar-refractivity contribution is 7.85. The van der Waals surface area contributed by atoms with E-state index >= 15 is 0 Å². The van der Waals surface area contributed by atoms with E-state index in [1.165, 1.54) is 0 Å². The summed E-state index contributed by atoms with van der Waals surface area (Å²) in [6, 6.07) is 7.03. The summed E-state index contributed by atoms with van der Waals surface area (Å²) in [5.74, 6) is -0.236. The molecule has 6 heteroatoms. The van der Waals surface area contributed by atoms with E-state index < -0.39 is 16.2 Å². The Bertz CT molecular complexity index is 523. The third-order valence-electron chi connectivity index (χ3n) is 3.40. The second-order valence-electron chi connectivity index (χ2n) is 5.69. The summed E-state index contributed by atoms with van der Waals surface area (Å²) in [6.45, 7) is 3.86. The van der Waals surface area contributed by atoms with Gasteiger partial charge in [0.1, 0.15) is 0 Å². The number of benzene rings is 1. The van der Waals surface area contributed by atoms with Gasteiger partial charge in [0, 0.05) is 5.02 Å². The third kappa shape index (κ3) is 5.79. The highest BCUT2D eigenvalue weighted by Gasteiger charge is 2.28. The first-order chi connectivity index (χ1) is 9.12. The van der Waals surface area contributed by atoms with Crippen LogP contribution in [0.25, 0.3) is 0 Å². The average molecular weight is 321 g/mol. The fraction of sp³-hybridized carbons (Fsp3) is 0.571. The van der Waals surface area contributed by atoms with Crippen molar-refractivity contribution in [2.45, 2.75) is 39.2 Å². The molecule has 2 N–H and O–H groups in total. The Labute approximate surface area is 125 Å². The maximum atomic E-state index is 10.6. The molecule has 0 saturated carbocycles. The number of unbranched alkanes of at least 4 members (excludes halogenated alkanes) is 1. The van der Waals surface area contributed by atoms with Crippen molar-refractivity contribution in [1.29, 1.82) is 0 Å². The zero-order valence-corrected chi connectivity index (χ0v) is 13.3. The highest BCUT2D eigenvalue weighted by atomic mass is 35.5. The Morgan fingerprint density at radius 3 is 2.25 bits per heavy atom. The topological polar surface area (TPSA) is 74.6 Å². The summed E-state index contributed by atoms with van der Waals surface area (Å²) in [4.78, 5) is 0. The van der Waals surface area contributed by atoms with E-state index in [-0.39, 0.29) is 11.2 Å². The van der Waals surface area contributed by atoms with E-state index in [0.29, 0.717) is 24.3 Å². The first-order valence-corrected chi connectivity index (χ1v) is 8.49. The highest BCUT2D eigenvalue weighted by Crippen LogP contribution is 2.38. The summed E-state index contributed by atoms with van der Waals surface area (Å²) in [5.41, 5.74) is 0.404. The van der Waals surface area contributed by atoms with Crippen LogP contribution < -0.4 is 0 Å². The van der Waals surface area contributed by atoms with Gasteiger partial charge in [-0.05, 0) is 36.0 Å². The third-order valence-corrected chi connectivity index (χ3v) is 4.46. The van der Waals surface area contributed by atoms with Crippen LogP contribution in [0.5, 0.6) is 0 Å². The van der Waals surface area contributed by atoms with Crippen LogP contribution in [-0.2, 0) is 10.1 Å². The van der Waals surface area contributed by atoms with Crippen LogP contribution in [0, 0.1) is 5.41 Å². The second kappa shape index (κ2) is 6.89. The minimum atomic E-state index is -3.90. The molecule has 0 aromatic heterocycles. The quantitative estimate of drug-likeness (QED) is 0.596.